The van der Waals surface area contributed by atoms with Crippen LogP contribution >= 0.6 is 23.6 Å². The highest BCUT2D eigenvalue weighted by molar-refractivity contribution is 7.71. The van der Waals surface area contributed by atoms with Crippen LogP contribution in [0.2, 0.25) is 0 Å². The third-order valence-electron chi connectivity index (χ3n) is 2.36. The van der Waals surface area contributed by atoms with Crippen LogP contribution in [0.15, 0.2) is 36.0 Å². The summed E-state index contributed by atoms with van der Waals surface area (Å²) in [5, 5.41) is 8.83. The molecule has 0 atom stereocenters. The van der Waals surface area contributed by atoms with Gasteiger partial charge in [-0.15, -0.1) is 11.3 Å². The van der Waals surface area contributed by atoms with Gasteiger partial charge >= 0.3 is 0 Å². The molecule has 0 amide bonds. The first kappa shape index (κ1) is 11.2. The second kappa shape index (κ2) is 4.43. The van der Waals surface area contributed by atoms with Gasteiger partial charge in [0.1, 0.15) is 5.82 Å². The molecular formula is C11H7FN4S2. The molecule has 0 aliphatic heterocycles. The number of pyridine rings is 1. The summed E-state index contributed by atoms with van der Waals surface area (Å²) in [6, 6.07) is 5.22. The van der Waals surface area contributed by atoms with Gasteiger partial charge in [-0.25, -0.2) is 4.39 Å². The van der Waals surface area contributed by atoms with Gasteiger partial charge in [0.25, 0.3) is 0 Å². The number of aromatic nitrogens is 4. The molecule has 3 aromatic rings. The molecule has 90 valence electrons. The molecule has 0 aliphatic rings. The number of rotatable bonds is 2. The van der Waals surface area contributed by atoms with E-state index in [2.05, 4.69) is 15.2 Å². The molecular weight excluding hydrogens is 271 g/mol. The molecule has 18 heavy (non-hydrogen) atoms. The molecule has 0 fully saturated rings. The Morgan fingerprint density at radius 3 is 3.00 bits per heavy atom. The van der Waals surface area contributed by atoms with Crippen LogP contribution in [0.5, 0.6) is 0 Å². The van der Waals surface area contributed by atoms with Crippen molar-refractivity contribution in [3.8, 4) is 16.4 Å². The van der Waals surface area contributed by atoms with Crippen molar-refractivity contribution in [2.75, 3.05) is 0 Å². The Labute approximate surface area is 111 Å². The van der Waals surface area contributed by atoms with Crippen LogP contribution in [0.1, 0.15) is 0 Å². The van der Waals surface area contributed by atoms with Gasteiger partial charge in [0.2, 0.25) is 0 Å². The van der Waals surface area contributed by atoms with Crippen LogP contribution in [-0.2, 0) is 0 Å². The molecule has 3 heterocycles. The summed E-state index contributed by atoms with van der Waals surface area (Å²) >= 11 is 6.71. The van der Waals surface area contributed by atoms with Crippen LogP contribution in [0.4, 0.5) is 4.39 Å². The number of H-pyrrole nitrogens is 1. The van der Waals surface area contributed by atoms with Crippen LogP contribution < -0.4 is 0 Å². The first-order valence-electron chi connectivity index (χ1n) is 5.08. The Hall–Kier alpha value is -1.86. The van der Waals surface area contributed by atoms with E-state index in [9.17, 15) is 4.39 Å². The lowest BCUT2D eigenvalue weighted by Crippen LogP contribution is -1.98. The minimum atomic E-state index is -0.410. The standard InChI is InChI=1S/C11H7FN4S2/c12-7-4-8(6-13-5-7)16-10(14-15-11(16)17)9-2-1-3-18-9/h1-6H,(H,15,17). The third-order valence-corrected chi connectivity index (χ3v) is 3.50. The molecule has 7 heteroatoms. The van der Waals surface area contributed by atoms with E-state index in [-0.39, 0.29) is 0 Å². The number of halogens is 1. The second-order valence-corrected chi connectivity index (χ2v) is 4.86. The quantitative estimate of drug-likeness (QED) is 0.732. The van der Waals surface area contributed by atoms with Crippen molar-refractivity contribution in [3.63, 3.8) is 0 Å². The molecule has 0 radical (unpaired) electrons. The highest BCUT2D eigenvalue weighted by Crippen LogP contribution is 2.25. The van der Waals surface area contributed by atoms with Crippen molar-refractivity contribution in [2.24, 2.45) is 0 Å². The van der Waals surface area contributed by atoms with Crippen LogP contribution in [0, 0.1) is 10.6 Å². The lowest BCUT2D eigenvalue weighted by atomic mass is 10.3. The molecule has 0 saturated heterocycles. The Kier molecular flexibility index (Phi) is 2.77. The monoisotopic (exact) mass is 278 g/mol. The molecule has 4 nitrogen and oxygen atoms in total. The van der Waals surface area contributed by atoms with E-state index in [4.69, 9.17) is 12.2 Å². The molecule has 0 unspecified atom stereocenters. The fourth-order valence-electron chi connectivity index (χ4n) is 1.63. The van der Waals surface area contributed by atoms with Crippen LogP contribution in [-0.4, -0.2) is 19.7 Å². The van der Waals surface area contributed by atoms with Crippen LogP contribution in [0.3, 0.4) is 0 Å². The molecule has 3 rings (SSSR count). The molecule has 0 aromatic carbocycles. The highest BCUT2D eigenvalue weighted by Gasteiger charge is 2.12. The van der Waals surface area contributed by atoms with Crippen molar-refractivity contribution in [1.29, 1.82) is 0 Å². The van der Waals surface area contributed by atoms with E-state index in [0.717, 1.165) is 11.1 Å². The van der Waals surface area contributed by atoms with Gasteiger partial charge in [-0.2, -0.15) is 5.10 Å². The number of nitrogens with one attached hydrogen (secondary N) is 1. The van der Waals surface area contributed by atoms with E-state index < -0.39 is 5.82 Å². The Morgan fingerprint density at radius 2 is 2.28 bits per heavy atom. The zero-order valence-corrected chi connectivity index (χ0v) is 10.6. The Morgan fingerprint density at radius 1 is 1.39 bits per heavy atom. The molecule has 1 N–H and O–H groups in total. The first-order valence-corrected chi connectivity index (χ1v) is 6.37. The highest BCUT2D eigenvalue weighted by atomic mass is 32.1. The smallest absolute Gasteiger partial charge is 0.200 e. The summed E-state index contributed by atoms with van der Waals surface area (Å²) < 4.78 is 15.3. The number of thiophene rings is 1. The Bertz CT molecular complexity index is 730. The normalized spacial score (nSPS) is 10.7. The van der Waals surface area contributed by atoms with E-state index in [0.29, 0.717) is 16.3 Å². The van der Waals surface area contributed by atoms with Crippen molar-refractivity contribution in [3.05, 3.63) is 46.6 Å². The summed E-state index contributed by atoms with van der Waals surface area (Å²) in [5.74, 6) is 0.245. The average molecular weight is 278 g/mol. The largest absolute Gasteiger partial charge is 0.266 e. The summed E-state index contributed by atoms with van der Waals surface area (Å²) in [5.41, 5.74) is 0.553. The van der Waals surface area contributed by atoms with Crippen molar-refractivity contribution >= 4 is 23.6 Å². The fourth-order valence-corrected chi connectivity index (χ4v) is 2.57. The lowest BCUT2D eigenvalue weighted by Gasteiger charge is -2.04. The number of nitrogens with zero attached hydrogens (tertiary/aromatic N) is 3. The van der Waals surface area contributed by atoms with Gasteiger partial charge in [0.05, 0.1) is 23.0 Å². The fraction of sp³-hybridized carbons (Fsp3) is 0. The van der Waals surface area contributed by atoms with Gasteiger partial charge in [-0.3, -0.25) is 14.6 Å². The van der Waals surface area contributed by atoms with Gasteiger partial charge in [0.15, 0.2) is 10.6 Å². The predicted molar refractivity (Wildman–Crippen MR) is 69.8 cm³/mol. The topological polar surface area (TPSA) is 46.5 Å². The van der Waals surface area contributed by atoms with Gasteiger partial charge in [0, 0.05) is 6.07 Å². The molecule has 0 aliphatic carbocycles. The predicted octanol–water partition coefficient (Wildman–Crippen LogP) is 3.19. The maximum atomic E-state index is 13.2. The maximum absolute atomic E-state index is 13.2. The zero-order chi connectivity index (χ0) is 12.5. The zero-order valence-electron chi connectivity index (χ0n) is 9.00. The number of hydrogen-bond acceptors (Lipinski definition) is 4. The third kappa shape index (κ3) is 1.87. The van der Waals surface area contributed by atoms with Crippen molar-refractivity contribution in [2.45, 2.75) is 0 Å². The van der Waals surface area contributed by atoms with Gasteiger partial charge < -0.3 is 0 Å². The van der Waals surface area contributed by atoms with Gasteiger partial charge in [-0.05, 0) is 23.7 Å². The molecule has 0 spiro atoms. The molecule has 0 saturated carbocycles. The van der Waals surface area contributed by atoms with Crippen LogP contribution in [0.25, 0.3) is 16.4 Å². The number of hydrogen-bond donors (Lipinski definition) is 1. The first-order chi connectivity index (χ1) is 8.75. The van der Waals surface area contributed by atoms with Gasteiger partial charge in [-0.1, -0.05) is 6.07 Å². The summed E-state index contributed by atoms with van der Waals surface area (Å²) in [6.07, 6.45) is 2.70. The minimum absolute atomic E-state index is 0.408. The second-order valence-electron chi connectivity index (χ2n) is 3.53. The maximum Gasteiger partial charge on any atom is 0.200 e. The van der Waals surface area contributed by atoms with E-state index in [1.807, 2.05) is 17.5 Å². The Balaban J connectivity index is 2.24. The van der Waals surface area contributed by atoms with E-state index in [1.165, 1.54) is 17.4 Å². The van der Waals surface area contributed by atoms with Crippen molar-refractivity contribution < 1.29 is 4.39 Å². The average Bonchev–Trinajstić information content (AvgIpc) is 2.97. The van der Waals surface area contributed by atoms with E-state index in [1.54, 1.807) is 10.8 Å². The SMILES string of the molecule is Fc1cncc(-n2c(-c3cccs3)n[nH]c2=S)c1. The minimum Gasteiger partial charge on any atom is -0.266 e. The van der Waals surface area contributed by atoms with E-state index >= 15 is 0 Å². The number of aromatic amines is 1. The summed E-state index contributed by atoms with van der Waals surface area (Å²) in [4.78, 5) is 4.77. The molecule has 3 aromatic heterocycles. The molecule has 0 bridgehead atoms. The lowest BCUT2D eigenvalue weighted by molar-refractivity contribution is 0.620. The summed E-state index contributed by atoms with van der Waals surface area (Å²) in [6.45, 7) is 0. The summed E-state index contributed by atoms with van der Waals surface area (Å²) in [7, 11) is 0. The van der Waals surface area contributed by atoms with Crippen molar-refractivity contribution in [1.82, 2.24) is 19.7 Å².